The topological polar surface area (TPSA) is 49.3 Å². The lowest BCUT2D eigenvalue weighted by Crippen LogP contribution is -2.37. The molecule has 2 fully saturated rings. The number of hydrogen-bond acceptors (Lipinski definition) is 2. The molecule has 68 valence electrons. The zero-order valence-corrected chi connectivity index (χ0v) is 7.29. The maximum absolute atomic E-state index is 10.8. The molecule has 2 rings (SSSR count). The Bertz CT molecular complexity index is 205. The average molecular weight is 169 g/mol. The average Bonchev–Trinajstić information content (AvgIpc) is 2.44. The number of nitrogens with one attached hydrogen (secondary N) is 1. The Labute approximate surface area is 72.2 Å². The Balaban J connectivity index is 2.03. The monoisotopic (exact) mass is 169 g/mol. The third-order valence-electron chi connectivity index (χ3n) is 3.25. The summed E-state index contributed by atoms with van der Waals surface area (Å²) < 4.78 is 0. The van der Waals surface area contributed by atoms with Crippen molar-refractivity contribution < 1.29 is 9.90 Å². The van der Waals surface area contributed by atoms with Gasteiger partial charge in [0.2, 0.25) is 5.91 Å². The van der Waals surface area contributed by atoms with Crippen LogP contribution in [0.4, 0.5) is 0 Å². The van der Waals surface area contributed by atoms with Gasteiger partial charge in [-0.05, 0) is 25.2 Å². The molecule has 4 atom stereocenters. The minimum Gasteiger partial charge on any atom is -0.393 e. The first kappa shape index (κ1) is 8.05. The van der Waals surface area contributed by atoms with Crippen LogP contribution in [-0.4, -0.2) is 23.2 Å². The molecule has 0 aromatic rings. The third kappa shape index (κ3) is 1.12. The summed E-state index contributed by atoms with van der Waals surface area (Å²) in [6.07, 6.45) is 2.97. The van der Waals surface area contributed by atoms with E-state index >= 15 is 0 Å². The maximum Gasteiger partial charge on any atom is 0.217 e. The molecule has 2 aliphatic carbocycles. The van der Waals surface area contributed by atoms with Gasteiger partial charge < -0.3 is 10.4 Å². The van der Waals surface area contributed by atoms with E-state index < -0.39 is 0 Å². The van der Waals surface area contributed by atoms with Crippen molar-refractivity contribution in [1.82, 2.24) is 5.32 Å². The molecular weight excluding hydrogens is 154 g/mol. The molecule has 0 saturated heterocycles. The van der Waals surface area contributed by atoms with E-state index in [0.717, 1.165) is 12.8 Å². The summed E-state index contributed by atoms with van der Waals surface area (Å²) >= 11 is 0. The quantitative estimate of drug-likeness (QED) is 0.592. The van der Waals surface area contributed by atoms with Crippen molar-refractivity contribution in [2.45, 2.75) is 38.3 Å². The molecule has 0 aliphatic heterocycles. The zero-order chi connectivity index (χ0) is 8.72. The van der Waals surface area contributed by atoms with Gasteiger partial charge in [-0.3, -0.25) is 4.79 Å². The molecule has 0 spiro atoms. The molecule has 2 aliphatic rings. The Morgan fingerprint density at radius 3 is 2.67 bits per heavy atom. The standard InChI is InChI=1S/C9H15NO2/c1-5(11)10-9-6-2-3-7(9)8(12)4-6/h6-9,12H,2-4H2,1H3,(H,10,11)/t6-,7+,8-,9+/m0/s1. The van der Waals surface area contributed by atoms with Crippen molar-refractivity contribution in [3.05, 3.63) is 0 Å². The first-order valence-corrected chi connectivity index (χ1v) is 4.63. The minimum atomic E-state index is -0.166. The fourth-order valence-corrected chi connectivity index (χ4v) is 2.76. The van der Waals surface area contributed by atoms with Gasteiger partial charge in [0.15, 0.2) is 0 Å². The van der Waals surface area contributed by atoms with Gasteiger partial charge in [0.1, 0.15) is 0 Å². The van der Waals surface area contributed by atoms with Crippen LogP contribution in [0.5, 0.6) is 0 Å². The lowest BCUT2D eigenvalue weighted by atomic mass is 9.98. The molecule has 0 radical (unpaired) electrons. The maximum atomic E-state index is 10.8. The van der Waals surface area contributed by atoms with E-state index in [-0.39, 0.29) is 18.1 Å². The summed E-state index contributed by atoms with van der Waals surface area (Å²) in [6.45, 7) is 1.55. The van der Waals surface area contributed by atoms with E-state index in [2.05, 4.69) is 5.32 Å². The molecule has 0 unspecified atom stereocenters. The number of fused-ring (bicyclic) bond motifs is 2. The largest absolute Gasteiger partial charge is 0.393 e. The second-order valence-electron chi connectivity index (χ2n) is 4.03. The van der Waals surface area contributed by atoms with Crippen LogP contribution in [-0.2, 0) is 4.79 Å². The molecule has 0 aromatic heterocycles. The minimum absolute atomic E-state index is 0.0333. The predicted molar refractivity (Wildman–Crippen MR) is 44.4 cm³/mol. The van der Waals surface area contributed by atoms with Crippen molar-refractivity contribution in [3.8, 4) is 0 Å². The van der Waals surface area contributed by atoms with Crippen LogP contribution >= 0.6 is 0 Å². The summed E-state index contributed by atoms with van der Waals surface area (Å²) in [7, 11) is 0. The summed E-state index contributed by atoms with van der Waals surface area (Å²) in [5.74, 6) is 0.902. The first-order valence-electron chi connectivity index (χ1n) is 4.63. The fourth-order valence-electron chi connectivity index (χ4n) is 2.76. The highest BCUT2D eigenvalue weighted by Crippen LogP contribution is 2.44. The van der Waals surface area contributed by atoms with E-state index in [4.69, 9.17) is 0 Å². The number of aliphatic hydroxyl groups excluding tert-OH is 1. The van der Waals surface area contributed by atoms with Crippen molar-refractivity contribution in [1.29, 1.82) is 0 Å². The lowest BCUT2D eigenvalue weighted by molar-refractivity contribution is -0.120. The van der Waals surface area contributed by atoms with Crippen LogP contribution in [0.15, 0.2) is 0 Å². The number of rotatable bonds is 1. The van der Waals surface area contributed by atoms with Crippen molar-refractivity contribution in [2.75, 3.05) is 0 Å². The number of carbonyl (C=O) groups is 1. The van der Waals surface area contributed by atoms with Gasteiger partial charge in [0, 0.05) is 18.9 Å². The predicted octanol–water partition coefficient (Wildman–Crippen LogP) is 0.282. The SMILES string of the molecule is CC(=O)N[C@@H]1[C@H]2CC[C@@H]1[C@@H](O)C2. The fraction of sp³-hybridized carbons (Fsp3) is 0.889. The highest BCUT2D eigenvalue weighted by molar-refractivity contribution is 5.73. The van der Waals surface area contributed by atoms with E-state index in [1.807, 2.05) is 0 Å². The summed E-state index contributed by atoms with van der Waals surface area (Å²) in [4.78, 5) is 10.8. The second-order valence-corrected chi connectivity index (χ2v) is 4.03. The number of amides is 1. The summed E-state index contributed by atoms with van der Waals surface area (Å²) in [5.41, 5.74) is 0. The molecule has 12 heavy (non-hydrogen) atoms. The number of aliphatic hydroxyl groups is 1. The molecule has 1 amide bonds. The highest BCUT2D eigenvalue weighted by atomic mass is 16.3. The van der Waals surface area contributed by atoms with Gasteiger partial charge in [-0.15, -0.1) is 0 Å². The van der Waals surface area contributed by atoms with Crippen molar-refractivity contribution in [2.24, 2.45) is 11.8 Å². The van der Waals surface area contributed by atoms with Crippen LogP contribution in [0.25, 0.3) is 0 Å². The van der Waals surface area contributed by atoms with Gasteiger partial charge in [0.05, 0.1) is 6.10 Å². The Morgan fingerprint density at radius 2 is 2.25 bits per heavy atom. The van der Waals surface area contributed by atoms with E-state index in [1.165, 1.54) is 6.42 Å². The molecule has 0 aromatic carbocycles. The molecule has 2 bridgehead atoms. The Morgan fingerprint density at radius 1 is 1.50 bits per heavy atom. The third-order valence-corrected chi connectivity index (χ3v) is 3.25. The zero-order valence-electron chi connectivity index (χ0n) is 7.29. The molecule has 2 saturated carbocycles. The second kappa shape index (κ2) is 2.73. The smallest absolute Gasteiger partial charge is 0.217 e. The van der Waals surface area contributed by atoms with Crippen LogP contribution in [0.1, 0.15) is 26.2 Å². The van der Waals surface area contributed by atoms with Gasteiger partial charge in [-0.25, -0.2) is 0 Å². The Kier molecular flexibility index (Phi) is 1.83. The molecule has 0 heterocycles. The van der Waals surface area contributed by atoms with E-state index in [9.17, 15) is 9.90 Å². The van der Waals surface area contributed by atoms with Gasteiger partial charge in [-0.2, -0.15) is 0 Å². The molecule has 3 nitrogen and oxygen atoms in total. The van der Waals surface area contributed by atoms with Gasteiger partial charge in [0.25, 0.3) is 0 Å². The van der Waals surface area contributed by atoms with Crippen molar-refractivity contribution >= 4 is 5.91 Å². The summed E-state index contributed by atoms with van der Waals surface area (Å²) in [5, 5.41) is 12.5. The van der Waals surface area contributed by atoms with Gasteiger partial charge >= 0.3 is 0 Å². The van der Waals surface area contributed by atoms with Crippen LogP contribution in [0, 0.1) is 11.8 Å². The number of hydrogen-bond donors (Lipinski definition) is 2. The van der Waals surface area contributed by atoms with Crippen LogP contribution in [0.3, 0.4) is 0 Å². The van der Waals surface area contributed by atoms with Crippen molar-refractivity contribution in [3.63, 3.8) is 0 Å². The van der Waals surface area contributed by atoms with Gasteiger partial charge in [-0.1, -0.05) is 0 Å². The lowest BCUT2D eigenvalue weighted by Gasteiger charge is -2.17. The normalized spacial score (nSPS) is 44.8. The molecule has 3 heteroatoms. The summed E-state index contributed by atoms with van der Waals surface area (Å²) in [6, 6.07) is 0.262. The Hall–Kier alpha value is -0.570. The van der Waals surface area contributed by atoms with Crippen LogP contribution < -0.4 is 5.32 Å². The first-order chi connectivity index (χ1) is 5.68. The van der Waals surface area contributed by atoms with E-state index in [1.54, 1.807) is 6.92 Å². The van der Waals surface area contributed by atoms with Crippen LogP contribution in [0.2, 0.25) is 0 Å². The van der Waals surface area contributed by atoms with E-state index in [0.29, 0.717) is 11.8 Å². The molecule has 2 N–H and O–H groups in total. The molecular formula is C9H15NO2. The highest BCUT2D eigenvalue weighted by Gasteiger charge is 2.47. The number of carbonyl (C=O) groups excluding carboxylic acids is 1.